The van der Waals surface area contributed by atoms with Gasteiger partial charge in [0.15, 0.2) is 0 Å². The molecular weight excluding hydrogens is 230 g/mol. The van der Waals surface area contributed by atoms with Crippen molar-refractivity contribution in [1.82, 2.24) is 14.8 Å². The first-order valence-electron chi connectivity index (χ1n) is 5.56. The Kier molecular flexibility index (Phi) is 3.43. The van der Waals surface area contributed by atoms with Crippen molar-refractivity contribution in [3.63, 3.8) is 0 Å². The van der Waals surface area contributed by atoms with E-state index >= 15 is 0 Å². The Morgan fingerprint density at radius 1 is 1.28 bits per heavy atom. The summed E-state index contributed by atoms with van der Waals surface area (Å²) in [6.07, 6.45) is 1.74. The molecule has 0 aliphatic heterocycles. The standard InChI is InChI=1S/C13H15N3O2/c1-10-8-9-14-16(10)12-6-4-11(5-7-12)13(17)15(2)18-3/h4-9H,1-3H3. The summed E-state index contributed by atoms with van der Waals surface area (Å²) in [6, 6.07) is 9.16. The van der Waals surface area contributed by atoms with E-state index in [1.165, 1.54) is 12.2 Å². The lowest BCUT2D eigenvalue weighted by molar-refractivity contribution is -0.0756. The molecule has 0 atom stereocenters. The second kappa shape index (κ2) is 5.01. The summed E-state index contributed by atoms with van der Waals surface area (Å²) in [6.45, 7) is 1.98. The third-order valence-corrected chi connectivity index (χ3v) is 2.75. The minimum atomic E-state index is -0.179. The van der Waals surface area contributed by atoms with Gasteiger partial charge >= 0.3 is 0 Å². The monoisotopic (exact) mass is 245 g/mol. The Hall–Kier alpha value is -2.14. The van der Waals surface area contributed by atoms with Crippen LogP contribution in [0.25, 0.3) is 5.69 Å². The van der Waals surface area contributed by atoms with E-state index < -0.39 is 0 Å². The average Bonchev–Trinajstić information content (AvgIpc) is 2.83. The molecule has 2 aromatic rings. The number of carbonyl (C=O) groups excluding carboxylic acids is 1. The fraction of sp³-hybridized carbons (Fsp3) is 0.231. The molecule has 0 bridgehead atoms. The topological polar surface area (TPSA) is 47.4 Å². The number of carbonyl (C=O) groups is 1. The molecule has 0 aliphatic rings. The van der Waals surface area contributed by atoms with Crippen molar-refractivity contribution in [3.8, 4) is 5.69 Å². The first-order chi connectivity index (χ1) is 8.63. The van der Waals surface area contributed by atoms with Crippen molar-refractivity contribution in [3.05, 3.63) is 47.8 Å². The molecule has 5 nitrogen and oxygen atoms in total. The minimum absolute atomic E-state index is 0.179. The normalized spacial score (nSPS) is 10.4. The maximum Gasteiger partial charge on any atom is 0.277 e. The first kappa shape index (κ1) is 12.3. The molecule has 0 saturated heterocycles. The van der Waals surface area contributed by atoms with Crippen LogP contribution in [-0.4, -0.2) is 34.9 Å². The molecule has 0 N–H and O–H groups in total. The zero-order valence-corrected chi connectivity index (χ0v) is 10.6. The largest absolute Gasteiger partial charge is 0.277 e. The number of hydroxylamine groups is 2. The van der Waals surface area contributed by atoms with Gasteiger partial charge in [0.2, 0.25) is 0 Å². The number of hydrogen-bond donors (Lipinski definition) is 0. The fourth-order valence-corrected chi connectivity index (χ4v) is 1.65. The maximum absolute atomic E-state index is 11.8. The Morgan fingerprint density at radius 2 is 1.94 bits per heavy atom. The van der Waals surface area contributed by atoms with Crippen LogP contribution in [0.15, 0.2) is 36.5 Å². The zero-order chi connectivity index (χ0) is 13.1. The van der Waals surface area contributed by atoms with Gasteiger partial charge in [-0.25, -0.2) is 9.75 Å². The number of nitrogens with zero attached hydrogens (tertiary/aromatic N) is 3. The van der Waals surface area contributed by atoms with E-state index in [0.29, 0.717) is 5.56 Å². The molecule has 5 heteroatoms. The van der Waals surface area contributed by atoms with Gasteiger partial charge in [-0.3, -0.25) is 9.63 Å². The molecule has 1 heterocycles. The third-order valence-electron chi connectivity index (χ3n) is 2.75. The molecule has 1 aromatic heterocycles. The van der Waals surface area contributed by atoms with Gasteiger partial charge in [-0.15, -0.1) is 0 Å². The van der Waals surface area contributed by atoms with E-state index in [1.54, 1.807) is 25.4 Å². The lowest BCUT2D eigenvalue weighted by Crippen LogP contribution is -2.25. The summed E-state index contributed by atoms with van der Waals surface area (Å²) in [4.78, 5) is 16.7. The van der Waals surface area contributed by atoms with E-state index in [1.807, 2.05) is 29.8 Å². The van der Waals surface area contributed by atoms with Gasteiger partial charge in [-0.1, -0.05) is 0 Å². The Labute approximate surface area is 106 Å². The number of benzene rings is 1. The summed E-state index contributed by atoms with van der Waals surface area (Å²) in [5.74, 6) is -0.179. The molecule has 0 aliphatic carbocycles. The van der Waals surface area contributed by atoms with Gasteiger partial charge in [0.25, 0.3) is 5.91 Å². The predicted octanol–water partition coefficient (Wildman–Crippen LogP) is 1.81. The molecule has 1 amide bonds. The van der Waals surface area contributed by atoms with Crippen LogP contribution >= 0.6 is 0 Å². The van der Waals surface area contributed by atoms with Crippen molar-refractivity contribution in [2.45, 2.75) is 6.92 Å². The highest BCUT2D eigenvalue weighted by Crippen LogP contribution is 2.12. The van der Waals surface area contributed by atoms with Crippen LogP contribution in [0, 0.1) is 6.92 Å². The highest BCUT2D eigenvalue weighted by molar-refractivity contribution is 5.93. The highest BCUT2D eigenvalue weighted by atomic mass is 16.7. The molecule has 0 unspecified atom stereocenters. The molecule has 2 rings (SSSR count). The third kappa shape index (κ3) is 2.26. The van der Waals surface area contributed by atoms with Gasteiger partial charge < -0.3 is 0 Å². The highest BCUT2D eigenvalue weighted by Gasteiger charge is 2.11. The van der Waals surface area contributed by atoms with Gasteiger partial charge in [0.1, 0.15) is 0 Å². The van der Waals surface area contributed by atoms with Crippen molar-refractivity contribution >= 4 is 5.91 Å². The van der Waals surface area contributed by atoms with E-state index in [9.17, 15) is 4.79 Å². The first-order valence-corrected chi connectivity index (χ1v) is 5.56. The van der Waals surface area contributed by atoms with Crippen LogP contribution in [0.3, 0.4) is 0 Å². The second-order valence-corrected chi connectivity index (χ2v) is 3.92. The van der Waals surface area contributed by atoms with Crippen LogP contribution < -0.4 is 0 Å². The van der Waals surface area contributed by atoms with Crippen LogP contribution in [0.1, 0.15) is 16.1 Å². The van der Waals surface area contributed by atoms with Crippen molar-refractivity contribution < 1.29 is 9.63 Å². The smallest absolute Gasteiger partial charge is 0.274 e. The second-order valence-electron chi connectivity index (χ2n) is 3.92. The maximum atomic E-state index is 11.8. The quantitative estimate of drug-likeness (QED) is 0.775. The summed E-state index contributed by atoms with van der Waals surface area (Å²) >= 11 is 0. The van der Waals surface area contributed by atoms with Crippen LogP contribution in [0.4, 0.5) is 0 Å². The molecular formula is C13H15N3O2. The molecule has 0 spiro atoms. The number of rotatable bonds is 3. The summed E-state index contributed by atoms with van der Waals surface area (Å²) in [7, 11) is 3.03. The summed E-state index contributed by atoms with van der Waals surface area (Å²) in [5, 5.41) is 5.40. The number of aromatic nitrogens is 2. The molecule has 0 saturated carbocycles. The number of amides is 1. The van der Waals surface area contributed by atoms with E-state index in [4.69, 9.17) is 4.84 Å². The van der Waals surface area contributed by atoms with Gasteiger partial charge in [0, 0.05) is 24.5 Å². The predicted molar refractivity (Wildman–Crippen MR) is 67.4 cm³/mol. The lowest BCUT2D eigenvalue weighted by atomic mass is 10.2. The molecule has 0 radical (unpaired) electrons. The Bertz CT molecular complexity index is 546. The van der Waals surface area contributed by atoms with E-state index in [2.05, 4.69) is 5.10 Å². The molecule has 18 heavy (non-hydrogen) atoms. The number of aryl methyl sites for hydroxylation is 1. The lowest BCUT2D eigenvalue weighted by Gasteiger charge is -2.13. The Morgan fingerprint density at radius 3 is 2.44 bits per heavy atom. The SMILES string of the molecule is CON(C)C(=O)c1ccc(-n2nccc2C)cc1. The van der Waals surface area contributed by atoms with E-state index in [0.717, 1.165) is 11.4 Å². The van der Waals surface area contributed by atoms with Gasteiger partial charge in [-0.2, -0.15) is 5.10 Å². The Balaban J connectivity index is 2.26. The van der Waals surface area contributed by atoms with E-state index in [-0.39, 0.29) is 5.91 Å². The molecule has 1 aromatic carbocycles. The zero-order valence-electron chi connectivity index (χ0n) is 10.6. The molecule has 94 valence electrons. The van der Waals surface area contributed by atoms with Crippen LogP contribution in [-0.2, 0) is 4.84 Å². The summed E-state index contributed by atoms with van der Waals surface area (Å²) < 4.78 is 1.81. The molecule has 0 fully saturated rings. The summed E-state index contributed by atoms with van der Waals surface area (Å²) in [5.41, 5.74) is 2.55. The van der Waals surface area contributed by atoms with Crippen molar-refractivity contribution in [2.24, 2.45) is 0 Å². The van der Waals surface area contributed by atoms with Crippen LogP contribution in [0.5, 0.6) is 0 Å². The van der Waals surface area contributed by atoms with Crippen molar-refractivity contribution in [1.29, 1.82) is 0 Å². The minimum Gasteiger partial charge on any atom is -0.274 e. The van der Waals surface area contributed by atoms with Crippen molar-refractivity contribution in [2.75, 3.05) is 14.2 Å². The van der Waals surface area contributed by atoms with Gasteiger partial charge in [0.05, 0.1) is 12.8 Å². The van der Waals surface area contributed by atoms with Crippen LogP contribution in [0.2, 0.25) is 0 Å². The number of hydrogen-bond acceptors (Lipinski definition) is 3. The average molecular weight is 245 g/mol. The fourth-order valence-electron chi connectivity index (χ4n) is 1.65. The van der Waals surface area contributed by atoms with Gasteiger partial charge in [-0.05, 0) is 37.3 Å².